The van der Waals surface area contributed by atoms with E-state index in [9.17, 15) is 9.59 Å². The van der Waals surface area contributed by atoms with Crippen molar-refractivity contribution in [3.63, 3.8) is 0 Å². The van der Waals surface area contributed by atoms with Crippen LogP contribution < -0.4 is 10.6 Å². The van der Waals surface area contributed by atoms with Crippen molar-refractivity contribution in [2.24, 2.45) is 5.92 Å². The second-order valence-corrected chi connectivity index (χ2v) is 13.5. The van der Waals surface area contributed by atoms with E-state index in [1.165, 1.54) is 0 Å². The number of aryl methyl sites for hydroxylation is 1. The maximum atomic E-state index is 13.5. The predicted molar refractivity (Wildman–Crippen MR) is 187 cm³/mol. The summed E-state index contributed by atoms with van der Waals surface area (Å²) in [4.78, 5) is 28.8. The molecule has 1 saturated heterocycles. The third-order valence-corrected chi connectivity index (χ3v) is 8.91. The molecule has 3 aromatic carbocycles. The largest absolute Gasteiger partial charge is 0.339 e. The van der Waals surface area contributed by atoms with E-state index < -0.39 is 0 Å². The van der Waals surface area contributed by atoms with Crippen LogP contribution >= 0.6 is 0 Å². The molecule has 9 nitrogen and oxygen atoms in total. The van der Waals surface area contributed by atoms with Gasteiger partial charge in [0.2, 0.25) is 0 Å². The molecule has 242 valence electrons. The molecule has 1 fully saturated rings. The summed E-state index contributed by atoms with van der Waals surface area (Å²) in [6.07, 6.45) is 4.28. The topological polar surface area (TPSA) is 97.1 Å². The van der Waals surface area contributed by atoms with Gasteiger partial charge in [0, 0.05) is 30.3 Å². The summed E-state index contributed by atoms with van der Waals surface area (Å²) in [6.45, 7) is 11.7. The minimum atomic E-state index is -0.321. The highest BCUT2D eigenvalue weighted by Gasteiger charge is 2.27. The van der Waals surface area contributed by atoms with E-state index >= 15 is 0 Å². The number of nitrogens with zero attached hydrogens (tertiary/aromatic N) is 5. The van der Waals surface area contributed by atoms with Gasteiger partial charge in [-0.3, -0.25) is 10.1 Å². The number of carbonyl (C=O) groups is 2. The van der Waals surface area contributed by atoms with Crippen molar-refractivity contribution in [2.75, 3.05) is 23.7 Å². The molecule has 0 aliphatic carbocycles. The highest BCUT2D eigenvalue weighted by atomic mass is 16.2. The lowest BCUT2D eigenvalue weighted by atomic mass is 9.89. The predicted octanol–water partition coefficient (Wildman–Crippen LogP) is 7.71. The number of amides is 3. The number of hydrogen-bond donors (Lipinski definition) is 2. The van der Waals surface area contributed by atoms with Crippen molar-refractivity contribution in [3.05, 3.63) is 119 Å². The van der Waals surface area contributed by atoms with Crippen LogP contribution in [0.2, 0.25) is 0 Å². The Morgan fingerprint density at radius 2 is 1.49 bits per heavy atom. The van der Waals surface area contributed by atoms with E-state index in [1.807, 2.05) is 102 Å². The van der Waals surface area contributed by atoms with Gasteiger partial charge < -0.3 is 10.2 Å². The lowest BCUT2D eigenvalue weighted by molar-refractivity contribution is 0.0689. The number of carbonyl (C=O) groups excluding carboxylic acids is 2. The number of piperidine rings is 1. The van der Waals surface area contributed by atoms with E-state index in [0.717, 1.165) is 58.8 Å². The number of anilines is 2. The van der Waals surface area contributed by atoms with Crippen LogP contribution in [0.4, 0.5) is 16.3 Å². The lowest BCUT2D eigenvalue weighted by Crippen LogP contribution is -2.39. The minimum Gasteiger partial charge on any atom is -0.339 e. The zero-order valence-corrected chi connectivity index (χ0v) is 27.8. The normalized spacial score (nSPS) is 13.9. The number of urea groups is 1. The molecule has 1 aliphatic heterocycles. The summed E-state index contributed by atoms with van der Waals surface area (Å²) >= 11 is 0. The summed E-state index contributed by atoms with van der Waals surface area (Å²) in [5, 5.41) is 15.5. The van der Waals surface area contributed by atoms with Gasteiger partial charge in [0.1, 0.15) is 5.82 Å². The van der Waals surface area contributed by atoms with Gasteiger partial charge >= 0.3 is 6.03 Å². The molecule has 0 saturated carbocycles. The van der Waals surface area contributed by atoms with E-state index in [1.54, 1.807) is 10.9 Å². The Bertz CT molecular complexity index is 1860. The second-order valence-electron chi connectivity index (χ2n) is 13.5. The van der Waals surface area contributed by atoms with Crippen molar-refractivity contribution >= 4 is 23.4 Å². The van der Waals surface area contributed by atoms with Crippen LogP contribution in [0.1, 0.15) is 66.5 Å². The third-order valence-electron chi connectivity index (χ3n) is 8.91. The number of nitrogens with one attached hydrogen (secondary N) is 2. The lowest BCUT2D eigenvalue weighted by Gasteiger charge is -2.32. The van der Waals surface area contributed by atoms with E-state index in [0.29, 0.717) is 30.4 Å². The Kier molecular flexibility index (Phi) is 8.98. The molecule has 3 amide bonds. The van der Waals surface area contributed by atoms with E-state index in [2.05, 4.69) is 42.6 Å². The van der Waals surface area contributed by atoms with Crippen molar-refractivity contribution in [3.8, 4) is 11.4 Å². The first kappa shape index (κ1) is 31.8. The Hall–Kier alpha value is -5.18. The molecule has 2 aromatic heterocycles. The maximum Gasteiger partial charge on any atom is 0.324 e. The number of hydrogen-bond acceptors (Lipinski definition) is 4. The van der Waals surface area contributed by atoms with E-state index in [-0.39, 0.29) is 17.4 Å². The first-order valence-electron chi connectivity index (χ1n) is 16.3. The molecular weight excluding hydrogens is 586 g/mol. The molecule has 0 spiro atoms. The average Bonchev–Trinajstić information content (AvgIpc) is 3.66. The Balaban J connectivity index is 1.09. The van der Waals surface area contributed by atoms with Gasteiger partial charge in [-0.05, 0) is 74.9 Å². The fourth-order valence-corrected chi connectivity index (χ4v) is 6.08. The maximum absolute atomic E-state index is 13.5. The summed E-state index contributed by atoms with van der Waals surface area (Å²) in [5.41, 5.74) is 7.03. The van der Waals surface area contributed by atoms with Crippen LogP contribution in [-0.2, 0) is 11.8 Å². The van der Waals surface area contributed by atoms with Gasteiger partial charge in [-0.25, -0.2) is 14.2 Å². The SMILES string of the molecule is Cc1ccc(-n2nc(C(C)(C)C)cc2NC(=O)Nc2ccccc2CC2CCN(C(=O)c3cnn(-c4ccccc4)c3C)CC2)cc1. The zero-order chi connectivity index (χ0) is 33.1. The molecule has 9 heteroatoms. The van der Waals surface area contributed by atoms with Crippen LogP contribution in [0.3, 0.4) is 0 Å². The number of likely N-dealkylation sites (tertiary alicyclic amines) is 1. The summed E-state index contributed by atoms with van der Waals surface area (Å²) < 4.78 is 3.61. The molecule has 5 aromatic rings. The molecule has 0 radical (unpaired) electrons. The van der Waals surface area contributed by atoms with Gasteiger partial charge in [-0.15, -0.1) is 0 Å². The van der Waals surface area contributed by atoms with Gasteiger partial charge in [0.25, 0.3) is 5.91 Å². The summed E-state index contributed by atoms with van der Waals surface area (Å²) in [5.74, 6) is 1.03. The zero-order valence-electron chi connectivity index (χ0n) is 27.8. The average molecular weight is 630 g/mol. The Morgan fingerprint density at radius 1 is 0.830 bits per heavy atom. The van der Waals surface area contributed by atoms with Crippen LogP contribution in [-0.4, -0.2) is 49.5 Å². The fourth-order valence-electron chi connectivity index (χ4n) is 6.08. The highest BCUT2D eigenvalue weighted by molar-refractivity contribution is 6.00. The van der Waals surface area contributed by atoms with Crippen LogP contribution in [0.15, 0.2) is 91.1 Å². The standard InChI is InChI=1S/C38H43N7O2/c1-26-15-17-31(18-16-26)45-35(24-34(42-45)38(3,4)5)41-37(47)40-33-14-10-9-11-29(33)23-28-19-21-43(22-20-28)36(46)32-25-39-44(27(32)2)30-12-7-6-8-13-30/h6-18,24-25,28H,19-23H2,1-5H3,(H2,40,41,47). The highest BCUT2D eigenvalue weighted by Crippen LogP contribution is 2.29. The number of aromatic nitrogens is 4. The van der Waals surface area contributed by atoms with Crippen molar-refractivity contribution in [1.29, 1.82) is 0 Å². The Morgan fingerprint density at radius 3 is 2.19 bits per heavy atom. The fraction of sp³-hybridized carbons (Fsp3) is 0.316. The first-order chi connectivity index (χ1) is 22.6. The van der Waals surface area contributed by atoms with Crippen LogP contribution in [0.5, 0.6) is 0 Å². The molecule has 6 rings (SSSR count). The first-order valence-corrected chi connectivity index (χ1v) is 16.3. The third kappa shape index (κ3) is 7.14. The molecule has 1 aliphatic rings. The summed E-state index contributed by atoms with van der Waals surface area (Å²) in [7, 11) is 0. The van der Waals surface area contributed by atoms with Gasteiger partial charge in [0.15, 0.2) is 0 Å². The van der Waals surface area contributed by atoms with Crippen LogP contribution in [0.25, 0.3) is 11.4 Å². The molecule has 47 heavy (non-hydrogen) atoms. The number of rotatable bonds is 7. The van der Waals surface area contributed by atoms with Crippen molar-refractivity contribution in [1.82, 2.24) is 24.5 Å². The molecule has 0 unspecified atom stereocenters. The second kappa shape index (κ2) is 13.3. The molecule has 3 heterocycles. The van der Waals surface area contributed by atoms with Crippen LogP contribution in [0, 0.1) is 19.8 Å². The Labute approximate surface area is 276 Å². The smallest absolute Gasteiger partial charge is 0.324 e. The van der Waals surface area contributed by atoms with Crippen molar-refractivity contribution < 1.29 is 9.59 Å². The summed E-state index contributed by atoms with van der Waals surface area (Å²) in [6, 6.07) is 27.5. The molecule has 0 atom stereocenters. The quantitative estimate of drug-likeness (QED) is 0.193. The minimum absolute atomic E-state index is 0.0290. The van der Waals surface area contributed by atoms with Gasteiger partial charge in [-0.2, -0.15) is 10.2 Å². The number of benzene rings is 3. The molecule has 2 N–H and O–H groups in total. The monoisotopic (exact) mass is 629 g/mol. The molecule has 0 bridgehead atoms. The van der Waals surface area contributed by atoms with Crippen molar-refractivity contribution in [2.45, 2.75) is 59.3 Å². The molecular formula is C38H43N7O2. The van der Waals surface area contributed by atoms with Gasteiger partial charge in [-0.1, -0.05) is 74.9 Å². The number of para-hydroxylation sites is 2. The van der Waals surface area contributed by atoms with E-state index in [4.69, 9.17) is 5.10 Å². The van der Waals surface area contributed by atoms with Gasteiger partial charge in [0.05, 0.1) is 34.5 Å².